The lowest BCUT2D eigenvalue weighted by molar-refractivity contribution is 0.0974. The second-order valence-corrected chi connectivity index (χ2v) is 6.33. The molecule has 27 heavy (non-hydrogen) atoms. The number of hydrogen-bond donors (Lipinski definition) is 1. The number of ether oxygens (including phenoxy) is 2. The summed E-state index contributed by atoms with van der Waals surface area (Å²) in [6.07, 6.45) is -0.584. The summed E-state index contributed by atoms with van der Waals surface area (Å²) in [6, 6.07) is 18.9. The van der Waals surface area contributed by atoms with Crippen molar-refractivity contribution >= 4 is 17.3 Å². The van der Waals surface area contributed by atoms with Gasteiger partial charge < -0.3 is 14.8 Å². The van der Waals surface area contributed by atoms with Crippen LogP contribution in [0.25, 0.3) is 0 Å². The maximum atomic E-state index is 14.6. The van der Waals surface area contributed by atoms with Crippen LogP contribution < -0.4 is 19.7 Å². The number of halogens is 1. The monoisotopic (exact) mass is 362 g/mol. The van der Waals surface area contributed by atoms with E-state index in [9.17, 15) is 9.18 Å². The van der Waals surface area contributed by atoms with Crippen LogP contribution in [0.3, 0.4) is 0 Å². The predicted octanol–water partition coefficient (Wildman–Crippen LogP) is 4.33. The Morgan fingerprint density at radius 1 is 0.963 bits per heavy atom. The summed E-state index contributed by atoms with van der Waals surface area (Å²) in [4.78, 5) is 14.7. The number of nitrogens with one attached hydrogen (secondary N) is 1. The first-order chi connectivity index (χ1) is 13.2. The van der Waals surface area contributed by atoms with Crippen molar-refractivity contribution < 1.29 is 18.7 Å². The minimum absolute atomic E-state index is 0.162. The molecular formula is C21H15FN2O3. The summed E-state index contributed by atoms with van der Waals surface area (Å²) < 4.78 is 25.4. The molecule has 0 saturated heterocycles. The van der Waals surface area contributed by atoms with Crippen LogP contribution in [-0.2, 0) is 0 Å². The van der Waals surface area contributed by atoms with Crippen molar-refractivity contribution in [3.8, 4) is 11.5 Å². The molecule has 2 aliphatic heterocycles. The van der Waals surface area contributed by atoms with Gasteiger partial charge >= 0.3 is 0 Å². The minimum atomic E-state index is -0.584. The number of carbonyl (C=O) groups is 1. The Hall–Kier alpha value is -3.54. The van der Waals surface area contributed by atoms with E-state index in [4.69, 9.17) is 9.47 Å². The average molecular weight is 362 g/mol. The number of anilines is 2. The number of fused-ring (bicyclic) bond motifs is 2. The van der Waals surface area contributed by atoms with Crippen LogP contribution in [0.15, 0.2) is 66.7 Å². The Labute approximate surface area is 154 Å². The molecule has 3 aromatic carbocycles. The largest absolute Gasteiger partial charge is 0.454 e. The predicted molar refractivity (Wildman–Crippen MR) is 98.6 cm³/mol. The molecule has 1 N–H and O–H groups in total. The first kappa shape index (κ1) is 15.7. The van der Waals surface area contributed by atoms with E-state index in [2.05, 4.69) is 5.32 Å². The number of carbonyl (C=O) groups excluding carboxylic acids is 1. The number of amides is 1. The highest BCUT2D eigenvalue weighted by molar-refractivity contribution is 6.12. The fourth-order valence-electron chi connectivity index (χ4n) is 3.47. The smallest absolute Gasteiger partial charge is 0.262 e. The molecule has 0 spiro atoms. The molecule has 0 fully saturated rings. The highest BCUT2D eigenvalue weighted by Crippen LogP contribution is 2.40. The van der Waals surface area contributed by atoms with E-state index in [1.807, 2.05) is 24.3 Å². The van der Waals surface area contributed by atoms with Gasteiger partial charge in [-0.15, -0.1) is 0 Å². The lowest BCUT2D eigenvalue weighted by atomic mass is 10.0. The van der Waals surface area contributed by atoms with Crippen molar-refractivity contribution in [1.29, 1.82) is 0 Å². The molecule has 0 aromatic heterocycles. The van der Waals surface area contributed by atoms with Crippen LogP contribution >= 0.6 is 0 Å². The molecule has 2 heterocycles. The van der Waals surface area contributed by atoms with E-state index in [1.165, 1.54) is 11.0 Å². The third kappa shape index (κ3) is 2.49. The van der Waals surface area contributed by atoms with Crippen molar-refractivity contribution in [1.82, 2.24) is 0 Å². The highest BCUT2D eigenvalue weighted by Gasteiger charge is 2.35. The summed E-state index contributed by atoms with van der Waals surface area (Å²) in [5.41, 5.74) is 2.19. The van der Waals surface area contributed by atoms with Gasteiger partial charge in [-0.05, 0) is 42.0 Å². The van der Waals surface area contributed by atoms with Crippen molar-refractivity contribution in [2.45, 2.75) is 6.17 Å². The standard InChI is InChI=1S/C21H15FN2O3/c22-15-6-2-4-8-17(15)24-20(13-9-10-18-19(11-13)27-12-26-18)23-16-7-3-1-5-14(16)21(24)25/h1-11,20,23H,12H2. The third-order valence-electron chi connectivity index (χ3n) is 4.75. The van der Waals surface area contributed by atoms with Crippen molar-refractivity contribution in [3.63, 3.8) is 0 Å². The molecule has 5 nitrogen and oxygen atoms in total. The topological polar surface area (TPSA) is 50.8 Å². The third-order valence-corrected chi connectivity index (χ3v) is 4.75. The van der Waals surface area contributed by atoms with E-state index in [-0.39, 0.29) is 18.4 Å². The quantitative estimate of drug-likeness (QED) is 0.737. The molecule has 2 aliphatic rings. The first-order valence-electron chi connectivity index (χ1n) is 8.55. The van der Waals surface area contributed by atoms with Crippen LogP contribution in [0, 0.1) is 5.82 Å². The lowest BCUT2D eigenvalue weighted by Crippen LogP contribution is -2.43. The lowest BCUT2D eigenvalue weighted by Gasteiger charge is -2.38. The van der Waals surface area contributed by atoms with E-state index < -0.39 is 12.0 Å². The zero-order valence-electron chi connectivity index (χ0n) is 14.2. The Balaban J connectivity index is 1.67. The normalized spacial score (nSPS) is 17.4. The maximum Gasteiger partial charge on any atom is 0.262 e. The fourth-order valence-corrected chi connectivity index (χ4v) is 3.47. The fraction of sp³-hybridized carbons (Fsp3) is 0.0952. The van der Waals surface area contributed by atoms with Gasteiger partial charge in [-0.2, -0.15) is 0 Å². The van der Waals surface area contributed by atoms with E-state index in [0.29, 0.717) is 22.7 Å². The molecule has 0 saturated carbocycles. The second-order valence-electron chi connectivity index (χ2n) is 6.33. The van der Waals surface area contributed by atoms with E-state index in [1.54, 1.807) is 36.4 Å². The summed E-state index contributed by atoms with van der Waals surface area (Å²) in [6.45, 7) is 0.162. The summed E-state index contributed by atoms with van der Waals surface area (Å²) in [5, 5.41) is 3.35. The zero-order chi connectivity index (χ0) is 18.4. The summed E-state index contributed by atoms with van der Waals surface area (Å²) in [5.74, 6) is 0.530. The zero-order valence-corrected chi connectivity index (χ0v) is 14.2. The molecule has 1 amide bonds. The number of rotatable bonds is 2. The van der Waals surface area contributed by atoms with Gasteiger partial charge in [-0.3, -0.25) is 9.69 Å². The van der Waals surface area contributed by atoms with Gasteiger partial charge in [0.2, 0.25) is 6.79 Å². The van der Waals surface area contributed by atoms with E-state index >= 15 is 0 Å². The Bertz CT molecular complexity index is 1050. The van der Waals surface area contributed by atoms with Crippen molar-refractivity contribution in [2.24, 2.45) is 0 Å². The van der Waals surface area contributed by atoms with Gasteiger partial charge in [0.1, 0.15) is 12.0 Å². The Morgan fingerprint density at radius 3 is 2.63 bits per heavy atom. The Morgan fingerprint density at radius 2 is 1.74 bits per heavy atom. The van der Waals surface area contributed by atoms with Crippen LogP contribution in [0.4, 0.5) is 15.8 Å². The van der Waals surface area contributed by atoms with Crippen LogP contribution in [0.5, 0.6) is 11.5 Å². The molecule has 0 aliphatic carbocycles. The Kier molecular flexibility index (Phi) is 3.50. The van der Waals surface area contributed by atoms with Gasteiger partial charge in [0, 0.05) is 5.69 Å². The summed E-state index contributed by atoms with van der Waals surface area (Å²) in [7, 11) is 0. The van der Waals surface area contributed by atoms with Crippen LogP contribution in [-0.4, -0.2) is 12.7 Å². The molecule has 134 valence electrons. The molecular weight excluding hydrogens is 347 g/mol. The van der Waals surface area contributed by atoms with Crippen LogP contribution in [0.1, 0.15) is 22.1 Å². The second kappa shape index (κ2) is 6.02. The average Bonchev–Trinajstić information content (AvgIpc) is 3.17. The van der Waals surface area contributed by atoms with Gasteiger partial charge in [0.05, 0.1) is 11.3 Å². The van der Waals surface area contributed by atoms with E-state index in [0.717, 1.165) is 5.56 Å². The molecule has 1 atom stereocenters. The van der Waals surface area contributed by atoms with Crippen molar-refractivity contribution in [3.05, 3.63) is 83.7 Å². The van der Waals surface area contributed by atoms with Gasteiger partial charge in [-0.1, -0.05) is 30.3 Å². The molecule has 0 bridgehead atoms. The molecule has 0 radical (unpaired) electrons. The minimum Gasteiger partial charge on any atom is -0.454 e. The molecule has 6 heteroatoms. The van der Waals surface area contributed by atoms with Gasteiger partial charge in [0.25, 0.3) is 5.91 Å². The highest BCUT2D eigenvalue weighted by atomic mass is 19.1. The first-order valence-corrected chi connectivity index (χ1v) is 8.55. The molecule has 5 rings (SSSR count). The molecule has 1 unspecified atom stereocenters. The number of benzene rings is 3. The number of para-hydroxylation sites is 2. The van der Waals surface area contributed by atoms with Crippen LogP contribution in [0.2, 0.25) is 0 Å². The molecule has 3 aromatic rings. The van der Waals surface area contributed by atoms with Crippen molar-refractivity contribution in [2.75, 3.05) is 17.0 Å². The number of nitrogens with zero attached hydrogens (tertiary/aromatic N) is 1. The van der Waals surface area contributed by atoms with Gasteiger partial charge in [-0.25, -0.2) is 4.39 Å². The maximum absolute atomic E-state index is 14.6. The number of hydrogen-bond acceptors (Lipinski definition) is 4. The SMILES string of the molecule is O=C1c2ccccc2NC(c2ccc3c(c2)OCO3)N1c1ccccc1F. The van der Waals surface area contributed by atoms with Gasteiger partial charge in [0.15, 0.2) is 11.5 Å². The summed E-state index contributed by atoms with van der Waals surface area (Å²) >= 11 is 0.